The lowest BCUT2D eigenvalue weighted by Crippen LogP contribution is -2.29. The highest BCUT2D eigenvalue weighted by atomic mass is 32.2. The molecule has 0 saturated heterocycles. The van der Waals surface area contributed by atoms with Gasteiger partial charge in [-0.1, -0.05) is 6.07 Å². The van der Waals surface area contributed by atoms with Crippen molar-refractivity contribution in [2.75, 3.05) is 11.4 Å². The summed E-state index contributed by atoms with van der Waals surface area (Å²) in [7, 11) is -9.33. The Morgan fingerprint density at radius 1 is 1.00 bits per heavy atom. The second-order valence-corrected chi connectivity index (χ2v) is 8.96. The van der Waals surface area contributed by atoms with E-state index in [0.29, 0.717) is 12.2 Å². The van der Waals surface area contributed by atoms with Crippen molar-refractivity contribution in [1.29, 1.82) is 0 Å². The molecule has 9 nitrogen and oxygen atoms in total. The first-order valence-electron chi connectivity index (χ1n) is 7.89. The molecule has 0 spiro atoms. The summed E-state index contributed by atoms with van der Waals surface area (Å²) in [5.41, 5.74) is 2.16. The van der Waals surface area contributed by atoms with Crippen molar-refractivity contribution in [1.82, 2.24) is 0 Å². The van der Waals surface area contributed by atoms with Crippen LogP contribution in [0, 0.1) is 4.91 Å². The van der Waals surface area contributed by atoms with E-state index < -0.39 is 30.0 Å². The predicted molar refractivity (Wildman–Crippen MR) is 97.3 cm³/mol. The molecule has 0 aromatic heterocycles. The average molecular weight is 412 g/mol. The van der Waals surface area contributed by atoms with Gasteiger partial charge in [-0.3, -0.25) is 9.11 Å². The number of hydrogen-bond acceptors (Lipinski definition) is 7. The van der Waals surface area contributed by atoms with E-state index in [4.69, 9.17) is 4.55 Å². The Morgan fingerprint density at radius 3 is 2.37 bits per heavy atom. The molecule has 0 radical (unpaired) electrons. The summed E-state index contributed by atoms with van der Waals surface area (Å²) in [6.07, 6.45) is 1.50. The van der Waals surface area contributed by atoms with Crippen LogP contribution < -0.4 is 4.90 Å². The average Bonchev–Trinajstić information content (AvgIpc) is 2.60. The minimum absolute atomic E-state index is 0.0851. The number of rotatable bonds is 5. The number of aryl methyl sites for hydroxylation is 1. The largest absolute Gasteiger partial charge is 0.367 e. The maximum Gasteiger partial charge on any atom is 0.294 e. The third kappa shape index (κ3) is 4.16. The maximum atomic E-state index is 11.7. The van der Waals surface area contributed by atoms with Gasteiger partial charge in [0.1, 0.15) is 10.6 Å². The third-order valence-corrected chi connectivity index (χ3v) is 6.14. The Hall–Kier alpha value is -2.34. The Labute approximate surface area is 156 Å². The summed E-state index contributed by atoms with van der Waals surface area (Å²) in [6, 6.07) is 7.97. The Balaban J connectivity index is 2.03. The van der Waals surface area contributed by atoms with Gasteiger partial charge in [0, 0.05) is 18.8 Å². The number of nitrogens with zero attached hydrogens (tertiary/aromatic N) is 2. The molecule has 2 N–H and O–H groups in total. The fourth-order valence-corrected chi connectivity index (χ4v) is 4.48. The first kappa shape index (κ1) is 19.4. The molecule has 3 rings (SSSR count). The number of anilines is 1. The second kappa shape index (κ2) is 7.00. The molecule has 0 amide bonds. The van der Waals surface area contributed by atoms with Crippen LogP contribution in [0.15, 0.2) is 51.4 Å². The molecule has 0 saturated carbocycles. The fraction of sp³-hybridized carbons (Fsp3) is 0.250. The number of benzene rings is 2. The third-order valence-electron chi connectivity index (χ3n) is 4.36. The van der Waals surface area contributed by atoms with Gasteiger partial charge in [-0.25, -0.2) is 0 Å². The van der Waals surface area contributed by atoms with Crippen LogP contribution in [0.5, 0.6) is 0 Å². The molecule has 0 aliphatic carbocycles. The van der Waals surface area contributed by atoms with Crippen molar-refractivity contribution in [2.45, 2.75) is 29.2 Å². The van der Waals surface area contributed by atoms with Gasteiger partial charge in [-0.2, -0.15) is 16.8 Å². The maximum absolute atomic E-state index is 11.7. The highest BCUT2D eigenvalue weighted by molar-refractivity contribution is 7.86. The van der Waals surface area contributed by atoms with Gasteiger partial charge in [-0.15, -0.1) is 4.91 Å². The lowest BCUT2D eigenvalue weighted by atomic mass is 10.0. The standard InChI is InChI=1S/C16H16N2O7S2/c19-17-13-4-6-15-11(8-13)2-1-7-18(15)10-12-3-5-14(26(20,21)22)9-16(12)27(23,24)25/h3-6,8-9H,1-2,7,10H2,(H,20,21,22)(H,23,24,25). The minimum atomic E-state index is -4.71. The van der Waals surface area contributed by atoms with E-state index in [-0.39, 0.29) is 12.1 Å². The molecule has 11 heteroatoms. The quantitative estimate of drug-likeness (QED) is 0.564. The van der Waals surface area contributed by atoms with Crippen molar-refractivity contribution in [2.24, 2.45) is 5.18 Å². The van der Waals surface area contributed by atoms with Gasteiger partial charge in [0.2, 0.25) is 0 Å². The number of hydrogen-bond donors (Lipinski definition) is 2. The van der Waals surface area contributed by atoms with E-state index in [2.05, 4.69) is 5.18 Å². The van der Waals surface area contributed by atoms with E-state index in [1.807, 2.05) is 4.90 Å². The van der Waals surface area contributed by atoms with E-state index >= 15 is 0 Å². The lowest BCUT2D eigenvalue weighted by molar-refractivity contribution is 0.480. The summed E-state index contributed by atoms with van der Waals surface area (Å²) in [6.45, 7) is 0.688. The summed E-state index contributed by atoms with van der Waals surface area (Å²) in [4.78, 5) is 11.4. The molecule has 0 atom stereocenters. The highest BCUT2D eigenvalue weighted by Crippen LogP contribution is 2.33. The topological polar surface area (TPSA) is 141 Å². The SMILES string of the molecule is O=Nc1ccc2c(c1)CCCN2Cc1ccc(S(=O)(=O)O)cc1S(=O)(=O)O. The van der Waals surface area contributed by atoms with Gasteiger partial charge in [-0.05, 0) is 59.5 Å². The fourth-order valence-electron chi connectivity index (χ4n) is 3.15. The molecular formula is C16H16N2O7S2. The molecule has 0 unspecified atom stereocenters. The summed E-state index contributed by atoms with van der Waals surface area (Å²) >= 11 is 0. The van der Waals surface area contributed by atoms with Gasteiger partial charge < -0.3 is 4.90 Å². The van der Waals surface area contributed by atoms with Crippen LogP contribution in [0.4, 0.5) is 11.4 Å². The van der Waals surface area contributed by atoms with E-state index in [9.17, 15) is 26.3 Å². The normalized spacial score (nSPS) is 14.7. The van der Waals surface area contributed by atoms with Gasteiger partial charge in [0.15, 0.2) is 0 Å². The summed E-state index contributed by atoms with van der Waals surface area (Å²) < 4.78 is 64.6. The molecule has 2 aromatic rings. The zero-order valence-corrected chi connectivity index (χ0v) is 15.6. The van der Waals surface area contributed by atoms with Crippen LogP contribution in [0.1, 0.15) is 17.5 Å². The van der Waals surface area contributed by atoms with Crippen molar-refractivity contribution in [3.05, 3.63) is 52.4 Å². The van der Waals surface area contributed by atoms with Crippen LogP contribution in [0.3, 0.4) is 0 Å². The predicted octanol–water partition coefficient (Wildman–Crippen LogP) is 2.53. The van der Waals surface area contributed by atoms with Crippen molar-refractivity contribution in [3.63, 3.8) is 0 Å². The van der Waals surface area contributed by atoms with Crippen molar-refractivity contribution >= 4 is 31.6 Å². The molecule has 27 heavy (non-hydrogen) atoms. The molecular weight excluding hydrogens is 396 g/mol. The summed E-state index contributed by atoms with van der Waals surface area (Å²) in [5, 5.41) is 2.91. The summed E-state index contributed by atoms with van der Waals surface area (Å²) in [5.74, 6) is 0. The molecule has 144 valence electrons. The Kier molecular flexibility index (Phi) is 5.04. The second-order valence-electron chi connectivity index (χ2n) is 6.15. The highest BCUT2D eigenvalue weighted by Gasteiger charge is 2.24. The van der Waals surface area contributed by atoms with Crippen LogP contribution in [0.25, 0.3) is 0 Å². The Morgan fingerprint density at radius 2 is 1.74 bits per heavy atom. The van der Waals surface area contributed by atoms with Crippen LogP contribution in [-0.4, -0.2) is 32.5 Å². The first-order chi connectivity index (χ1) is 12.6. The molecule has 0 bridgehead atoms. The van der Waals surface area contributed by atoms with Gasteiger partial charge in [0.05, 0.1) is 4.90 Å². The first-order valence-corrected chi connectivity index (χ1v) is 10.8. The number of nitroso groups, excluding NO2 is 1. The van der Waals surface area contributed by atoms with E-state index in [1.165, 1.54) is 6.07 Å². The van der Waals surface area contributed by atoms with Crippen molar-refractivity contribution in [3.8, 4) is 0 Å². The number of fused-ring (bicyclic) bond motifs is 1. The van der Waals surface area contributed by atoms with E-state index in [1.54, 1.807) is 18.2 Å². The monoisotopic (exact) mass is 412 g/mol. The molecule has 2 aromatic carbocycles. The van der Waals surface area contributed by atoms with Crippen molar-refractivity contribution < 1.29 is 25.9 Å². The van der Waals surface area contributed by atoms with Crippen LogP contribution >= 0.6 is 0 Å². The van der Waals surface area contributed by atoms with Gasteiger partial charge >= 0.3 is 0 Å². The molecule has 1 heterocycles. The van der Waals surface area contributed by atoms with E-state index in [0.717, 1.165) is 36.2 Å². The zero-order chi connectivity index (χ0) is 19.8. The van der Waals surface area contributed by atoms with Crippen LogP contribution in [0.2, 0.25) is 0 Å². The smallest absolute Gasteiger partial charge is 0.294 e. The Bertz CT molecular complexity index is 1110. The zero-order valence-electron chi connectivity index (χ0n) is 13.9. The molecule has 0 fully saturated rings. The van der Waals surface area contributed by atoms with Gasteiger partial charge in [0.25, 0.3) is 20.2 Å². The molecule has 1 aliphatic heterocycles. The lowest BCUT2D eigenvalue weighted by Gasteiger charge is -2.32. The van der Waals surface area contributed by atoms with Crippen LogP contribution in [-0.2, 0) is 33.2 Å². The molecule has 1 aliphatic rings. The minimum Gasteiger partial charge on any atom is -0.367 e.